The molecule has 1 atom stereocenters. The zero-order valence-corrected chi connectivity index (χ0v) is 20.1. The molecule has 0 heterocycles. The lowest BCUT2D eigenvalue weighted by atomic mass is 10.1. The molecule has 2 aromatic rings. The maximum Gasteiger partial charge on any atom is 0.242 e. The predicted molar refractivity (Wildman–Crippen MR) is 122 cm³/mol. The van der Waals surface area contributed by atoms with Crippen molar-refractivity contribution in [2.45, 2.75) is 26.1 Å². The molecular formula is C21H24Cl2FN3O4S. The van der Waals surface area contributed by atoms with E-state index in [2.05, 4.69) is 5.32 Å². The summed E-state index contributed by atoms with van der Waals surface area (Å²) in [5, 5.41) is 3.57. The van der Waals surface area contributed by atoms with Gasteiger partial charge in [0.05, 0.1) is 12.8 Å². The normalized spacial score (nSPS) is 12.5. The third kappa shape index (κ3) is 7.44. The molecule has 32 heavy (non-hydrogen) atoms. The summed E-state index contributed by atoms with van der Waals surface area (Å²) in [6.45, 7) is 1.19. The summed E-state index contributed by atoms with van der Waals surface area (Å²) >= 11 is 12.0. The maximum atomic E-state index is 13.3. The second-order valence-corrected chi connectivity index (χ2v) is 10.2. The summed E-state index contributed by atoms with van der Waals surface area (Å²) in [4.78, 5) is 27.0. The average Bonchev–Trinajstić information content (AvgIpc) is 2.71. The molecule has 2 rings (SSSR count). The third-order valence-electron chi connectivity index (χ3n) is 4.83. The van der Waals surface area contributed by atoms with Crippen LogP contribution >= 0.6 is 23.2 Å². The van der Waals surface area contributed by atoms with Crippen LogP contribution in [0.3, 0.4) is 0 Å². The highest BCUT2D eigenvalue weighted by atomic mass is 35.5. The lowest BCUT2D eigenvalue weighted by Gasteiger charge is -2.30. The Hall–Kier alpha value is -2.20. The third-order valence-corrected chi connectivity index (χ3v) is 6.67. The van der Waals surface area contributed by atoms with Gasteiger partial charge in [0.2, 0.25) is 21.8 Å². The number of hydrogen-bond acceptors (Lipinski definition) is 4. The summed E-state index contributed by atoms with van der Waals surface area (Å²) in [7, 11) is -2.33. The van der Waals surface area contributed by atoms with E-state index in [0.29, 0.717) is 21.2 Å². The van der Waals surface area contributed by atoms with E-state index >= 15 is 0 Å². The van der Waals surface area contributed by atoms with Gasteiger partial charge in [-0.2, -0.15) is 4.31 Å². The second kappa shape index (κ2) is 11.1. The number of carbonyl (C=O) groups is 2. The number of nitrogens with one attached hydrogen (secondary N) is 1. The van der Waals surface area contributed by atoms with Crippen LogP contribution in [0.5, 0.6) is 0 Å². The average molecular weight is 504 g/mol. The topological polar surface area (TPSA) is 86.8 Å². The summed E-state index contributed by atoms with van der Waals surface area (Å²) < 4.78 is 37.6. The molecule has 7 nitrogen and oxygen atoms in total. The number of likely N-dealkylation sites (N-methyl/N-ethyl adjacent to an activating group) is 1. The van der Waals surface area contributed by atoms with Crippen LogP contribution in [0, 0.1) is 5.82 Å². The van der Waals surface area contributed by atoms with Crippen LogP contribution < -0.4 is 5.32 Å². The van der Waals surface area contributed by atoms with Gasteiger partial charge >= 0.3 is 0 Å². The van der Waals surface area contributed by atoms with Gasteiger partial charge in [-0.25, -0.2) is 12.8 Å². The first-order valence-corrected chi connectivity index (χ1v) is 12.2. The zero-order valence-electron chi connectivity index (χ0n) is 17.8. The van der Waals surface area contributed by atoms with Crippen molar-refractivity contribution in [3.05, 3.63) is 69.5 Å². The van der Waals surface area contributed by atoms with Gasteiger partial charge in [-0.1, -0.05) is 41.4 Å². The van der Waals surface area contributed by atoms with Gasteiger partial charge in [-0.3, -0.25) is 9.59 Å². The van der Waals surface area contributed by atoms with Crippen LogP contribution in [0.25, 0.3) is 0 Å². The van der Waals surface area contributed by atoms with Gasteiger partial charge in [0.25, 0.3) is 0 Å². The van der Waals surface area contributed by atoms with Gasteiger partial charge in [0, 0.05) is 30.2 Å². The Labute approximate surface area is 197 Å². The number of carbonyl (C=O) groups excluding carboxylic acids is 2. The van der Waals surface area contributed by atoms with Crippen LogP contribution in [0.1, 0.15) is 18.1 Å². The fourth-order valence-electron chi connectivity index (χ4n) is 2.76. The number of hydrogen-bond donors (Lipinski definition) is 1. The van der Waals surface area contributed by atoms with Gasteiger partial charge in [0.1, 0.15) is 11.9 Å². The first-order chi connectivity index (χ1) is 14.9. The quantitative estimate of drug-likeness (QED) is 0.569. The van der Waals surface area contributed by atoms with E-state index in [1.807, 2.05) is 0 Å². The van der Waals surface area contributed by atoms with E-state index in [4.69, 9.17) is 23.2 Å². The molecule has 0 unspecified atom stereocenters. The SMILES string of the molecule is C[C@@H](C(=O)NCc1ccc(Cl)cc1Cl)N(Cc1ccc(F)cc1)C(=O)CN(C)S(C)(=O)=O. The Morgan fingerprint density at radius 2 is 1.75 bits per heavy atom. The molecule has 0 aliphatic heterocycles. The molecule has 0 saturated heterocycles. The lowest BCUT2D eigenvalue weighted by molar-refractivity contribution is -0.140. The van der Waals surface area contributed by atoms with Crippen molar-refractivity contribution in [1.82, 2.24) is 14.5 Å². The summed E-state index contributed by atoms with van der Waals surface area (Å²) in [5.41, 5.74) is 1.23. The van der Waals surface area contributed by atoms with Gasteiger partial charge in [0.15, 0.2) is 0 Å². The number of nitrogens with zero attached hydrogens (tertiary/aromatic N) is 2. The highest BCUT2D eigenvalue weighted by Gasteiger charge is 2.28. The second-order valence-electron chi connectivity index (χ2n) is 7.30. The molecule has 0 aliphatic carbocycles. The number of halogens is 3. The summed E-state index contributed by atoms with van der Waals surface area (Å²) in [6, 6.07) is 9.41. The smallest absolute Gasteiger partial charge is 0.242 e. The molecular weight excluding hydrogens is 480 g/mol. The van der Waals surface area contributed by atoms with E-state index in [1.165, 1.54) is 43.1 Å². The molecule has 0 aromatic heterocycles. The lowest BCUT2D eigenvalue weighted by Crippen LogP contribution is -2.50. The Bertz CT molecular complexity index is 1080. The molecule has 0 aliphatic rings. The maximum absolute atomic E-state index is 13.3. The Morgan fingerprint density at radius 1 is 1.12 bits per heavy atom. The zero-order chi connectivity index (χ0) is 24.1. The number of rotatable bonds is 9. The molecule has 2 aromatic carbocycles. The van der Waals surface area contributed by atoms with Gasteiger partial charge in [-0.05, 0) is 42.3 Å². The van der Waals surface area contributed by atoms with E-state index < -0.39 is 40.2 Å². The molecule has 0 saturated carbocycles. The van der Waals surface area contributed by atoms with Crippen molar-refractivity contribution < 1.29 is 22.4 Å². The number of sulfonamides is 1. The Balaban J connectivity index is 2.18. The Kier molecular flexibility index (Phi) is 9.03. The minimum Gasteiger partial charge on any atom is -0.350 e. The molecule has 0 fully saturated rings. The molecule has 11 heteroatoms. The van der Waals surface area contributed by atoms with Crippen LogP contribution in [0.2, 0.25) is 10.0 Å². The van der Waals surface area contributed by atoms with Crippen LogP contribution in [0.4, 0.5) is 4.39 Å². The summed E-state index contributed by atoms with van der Waals surface area (Å²) in [6.07, 6.45) is 0.983. The van der Waals surface area contributed by atoms with Gasteiger partial charge in [-0.15, -0.1) is 0 Å². The van der Waals surface area contributed by atoms with E-state index in [9.17, 15) is 22.4 Å². The first-order valence-electron chi connectivity index (χ1n) is 9.55. The Morgan fingerprint density at radius 3 is 2.31 bits per heavy atom. The minimum absolute atomic E-state index is 0.00694. The number of amides is 2. The number of benzene rings is 2. The molecule has 174 valence electrons. The van der Waals surface area contributed by atoms with Crippen molar-refractivity contribution in [3.8, 4) is 0 Å². The van der Waals surface area contributed by atoms with Crippen molar-refractivity contribution in [1.29, 1.82) is 0 Å². The van der Waals surface area contributed by atoms with Crippen LogP contribution in [-0.4, -0.2) is 55.3 Å². The standard InChI is InChI=1S/C21H24Cl2FN3O4S/c1-14(21(29)25-11-16-6-7-17(22)10-19(16)23)27(12-15-4-8-18(24)9-5-15)20(28)13-26(2)32(3,30)31/h4-10,14H,11-13H2,1-3H3,(H,25,29)/t14-/m0/s1. The van der Waals surface area contributed by atoms with E-state index in [1.54, 1.807) is 18.2 Å². The molecule has 1 N–H and O–H groups in total. The minimum atomic E-state index is -3.60. The molecule has 0 radical (unpaired) electrons. The highest BCUT2D eigenvalue weighted by Crippen LogP contribution is 2.21. The molecule has 0 spiro atoms. The molecule has 0 bridgehead atoms. The molecule has 2 amide bonds. The monoisotopic (exact) mass is 503 g/mol. The fraction of sp³-hybridized carbons (Fsp3) is 0.333. The van der Waals surface area contributed by atoms with Crippen LogP contribution in [-0.2, 0) is 32.7 Å². The van der Waals surface area contributed by atoms with Crippen molar-refractivity contribution in [2.75, 3.05) is 19.8 Å². The van der Waals surface area contributed by atoms with Gasteiger partial charge < -0.3 is 10.2 Å². The van der Waals surface area contributed by atoms with Crippen molar-refractivity contribution in [3.63, 3.8) is 0 Å². The van der Waals surface area contributed by atoms with Crippen molar-refractivity contribution >= 4 is 45.0 Å². The fourth-order valence-corrected chi connectivity index (χ4v) is 3.58. The van der Waals surface area contributed by atoms with E-state index in [-0.39, 0.29) is 13.1 Å². The van der Waals surface area contributed by atoms with Crippen molar-refractivity contribution in [2.24, 2.45) is 0 Å². The summed E-state index contributed by atoms with van der Waals surface area (Å²) in [5.74, 6) is -1.48. The largest absolute Gasteiger partial charge is 0.350 e. The first kappa shape index (κ1) is 26.1. The highest BCUT2D eigenvalue weighted by molar-refractivity contribution is 7.88. The van der Waals surface area contributed by atoms with E-state index in [0.717, 1.165) is 10.6 Å². The van der Waals surface area contributed by atoms with Crippen LogP contribution in [0.15, 0.2) is 42.5 Å². The predicted octanol–water partition coefficient (Wildman–Crippen LogP) is 3.06.